The summed E-state index contributed by atoms with van der Waals surface area (Å²) in [6, 6.07) is 0. The van der Waals surface area contributed by atoms with Gasteiger partial charge in [-0.3, -0.25) is 9.59 Å². The molecular weight excluding hydrogens is 393 g/mol. The van der Waals surface area contributed by atoms with Gasteiger partial charge in [0.15, 0.2) is 6.49 Å². The Morgan fingerprint density at radius 1 is 1.15 bits per heavy atom. The molecule has 154 valence electrons. The number of carbonyl (C=O) groups is 2. The maximum absolute atomic E-state index is 11.6. The van der Waals surface area contributed by atoms with Crippen LogP contribution in [0.25, 0.3) is 0 Å². The minimum absolute atomic E-state index is 0.00520. The molecule has 26 heavy (non-hydrogen) atoms. The lowest BCUT2D eigenvalue weighted by atomic mass is 10.1. The molecule has 0 aliphatic heterocycles. The van der Waals surface area contributed by atoms with Crippen LogP contribution in [0.5, 0.6) is 0 Å². The van der Waals surface area contributed by atoms with Crippen molar-refractivity contribution < 1.29 is 23.7 Å². The minimum Gasteiger partial charge on any atom is -0.464 e. The lowest BCUT2D eigenvalue weighted by Crippen LogP contribution is -2.28. The van der Waals surface area contributed by atoms with Crippen LogP contribution in [0.1, 0.15) is 58.3 Å². The van der Waals surface area contributed by atoms with Crippen LogP contribution >= 0.6 is 18.3 Å². The van der Waals surface area contributed by atoms with Crippen molar-refractivity contribution >= 4 is 41.9 Å². The standard InChI is InChI=1S/C17H34NO5PS2/c1-15(26-3)10-11-16(19)18-12-14-22-17(20)9-7-5-4-6-8-13-23-24(2,21)25/h15H,4-14H2,1-3H3,(H,18,19)(H,21,25). The van der Waals surface area contributed by atoms with Gasteiger partial charge < -0.3 is 19.5 Å². The van der Waals surface area contributed by atoms with Crippen LogP contribution in [0.4, 0.5) is 0 Å². The third kappa shape index (κ3) is 18.6. The minimum atomic E-state index is -2.53. The Hall–Kier alpha value is -0.140. The third-order valence-electron chi connectivity index (χ3n) is 3.72. The molecule has 2 atom stereocenters. The Morgan fingerprint density at radius 2 is 1.81 bits per heavy atom. The van der Waals surface area contributed by atoms with Gasteiger partial charge in [0.05, 0.1) is 13.2 Å². The summed E-state index contributed by atoms with van der Waals surface area (Å²) in [5, 5.41) is 3.24. The summed E-state index contributed by atoms with van der Waals surface area (Å²) in [5.41, 5.74) is 0. The highest BCUT2D eigenvalue weighted by atomic mass is 32.5. The molecule has 0 spiro atoms. The van der Waals surface area contributed by atoms with Gasteiger partial charge in [0.1, 0.15) is 6.61 Å². The van der Waals surface area contributed by atoms with E-state index in [9.17, 15) is 14.5 Å². The number of nitrogens with one attached hydrogen (secondary N) is 1. The van der Waals surface area contributed by atoms with E-state index < -0.39 is 6.49 Å². The highest BCUT2D eigenvalue weighted by Gasteiger charge is 2.07. The van der Waals surface area contributed by atoms with Crippen LogP contribution in [-0.4, -0.2) is 54.7 Å². The lowest BCUT2D eigenvalue weighted by molar-refractivity contribution is -0.144. The van der Waals surface area contributed by atoms with Crippen molar-refractivity contribution in [2.75, 3.05) is 32.7 Å². The van der Waals surface area contributed by atoms with E-state index in [-0.39, 0.29) is 18.5 Å². The van der Waals surface area contributed by atoms with Crippen molar-refractivity contribution in [2.24, 2.45) is 0 Å². The second-order valence-electron chi connectivity index (χ2n) is 6.31. The molecule has 0 aromatic rings. The smallest absolute Gasteiger partial charge is 0.305 e. The van der Waals surface area contributed by atoms with Crippen LogP contribution in [0, 0.1) is 0 Å². The fraction of sp³-hybridized carbons (Fsp3) is 0.882. The summed E-state index contributed by atoms with van der Waals surface area (Å²) in [6.45, 7) is 2.21. The predicted molar refractivity (Wildman–Crippen MR) is 112 cm³/mol. The van der Waals surface area contributed by atoms with E-state index in [1.54, 1.807) is 18.4 Å². The summed E-state index contributed by atoms with van der Waals surface area (Å²) >= 11 is 6.53. The highest BCUT2D eigenvalue weighted by molar-refractivity contribution is 8.09. The number of thioether (sulfide) groups is 1. The Labute approximate surface area is 167 Å². The average Bonchev–Trinajstić information content (AvgIpc) is 2.57. The van der Waals surface area contributed by atoms with E-state index in [1.807, 2.05) is 6.26 Å². The van der Waals surface area contributed by atoms with E-state index in [0.29, 0.717) is 31.2 Å². The van der Waals surface area contributed by atoms with Gasteiger partial charge in [0, 0.05) is 24.8 Å². The van der Waals surface area contributed by atoms with Gasteiger partial charge in [-0.15, -0.1) is 0 Å². The van der Waals surface area contributed by atoms with Gasteiger partial charge in [-0.25, -0.2) is 0 Å². The number of hydrogen-bond donors (Lipinski definition) is 2. The molecule has 6 nitrogen and oxygen atoms in total. The van der Waals surface area contributed by atoms with Crippen molar-refractivity contribution in [3.8, 4) is 0 Å². The van der Waals surface area contributed by atoms with Gasteiger partial charge in [-0.05, 0) is 37.3 Å². The number of hydrogen-bond acceptors (Lipinski definition) is 6. The van der Waals surface area contributed by atoms with Crippen LogP contribution in [-0.2, 0) is 30.7 Å². The van der Waals surface area contributed by atoms with Gasteiger partial charge in [0.2, 0.25) is 5.91 Å². The zero-order valence-electron chi connectivity index (χ0n) is 16.2. The molecule has 0 bridgehead atoms. The molecule has 0 saturated heterocycles. The number of carbonyl (C=O) groups excluding carboxylic acids is 2. The molecular formula is C17H34NO5PS2. The predicted octanol–water partition coefficient (Wildman–Crippen LogP) is 3.47. The fourth-order valence-electron chi connectivity index (χ4n) is 2.10. The topological polar surface area (TPSA) is 84.9 Å². The Morgan fingerprint density at radius 3 is 2.46 bits per heavy atom. The summed E-state index contributed by atoms with van der Waals surface area (Å²) < 4.78 is 10.3. The molecule has 0 fully saturated rings. The molecule has 0 rings (SSSR count). The number of amides is 1. The maximum Gasteiger partial charge on any atom is 0.305 e. The van der Waals surface area contributed by atoms with Crippen LogP contribution in [0.3, 0.4) is 0 Å². The zero-order chi connectivity index (χ0) is 19.8. The van der Waals surface area contributed by atoms with Crippen LogP contribution < -0.4 is 5.32 Å². The monoisotopic (exact) mass is 427 g/mol. The van der Waals surface area contributed by atoms with Gasteiger partial charge >= 0.3 is 5.97 Å². The highest BCUT2D eigenvalue weighted by Crippen LogP contribution is 2.37. The SMILES string of the molecule is CSC(C)CCC(=O)NCCOC(=O)CCCCCCCOP(C)(O)=S. The summed E-state index contributed by atoms with van der Waals surface area (Å²) in [6.07, 6.45) is 8.42. The number of unbranched alkanes of at least 4 members (excludes halogenated alkanes) is 4. The summed E-state index contributed by atoms with van der Waals surface area (Å²) in [4.78, 5) is 32.5. The van der Waals surface area contributed by atoms with Crippen molar-refractivity contribution in [1.29, 1.82) is 0 Å². The first-order chi connectivity index (χ1) is 12.2. The van der Waals surface area contributed by atoms with E-state index >= 15 is 0 Å². The zero-order valence-corrected chi connectivity index (χ0v) is 18.7. The number of esters is 1. The third-order valence-corrected chi connectivity index (χ3v) is 5.74. The van der Waals surface area contributed by atoms with Crippen molar-refractivity contribution in [2.45, 2.75) is 63.5 Å². The number of rotatable bonds is 16. The second-order valence-corrected chi connectivity index (χ2v) is 11.5. The first kappa shape index (κ1) is 25.9. The Balaban J connectivity index is 3.42. The first-order valence-electron chi connectivity index (χ1n) is 9.14. The van der Waals surface area contributed by atoms with Gasteiger partial charge in [-0.1, -0.05) is 26.2 Å². The average molecular weight is 428 g/mol. The van der Waals surface area contributed by atoms with Gasteiger partial charge in [-0.2, -0.15) is 11.8 Å². The van der Waals surface area contributed by atoms with Gasteiger partial charge in [0.25, 0.3) is 0 Å². The molecule has 0 saturated carbocycles. The van der Waals surface area contributed by atoms with E-state index in [2.05, 4.69) is 12.2 Å². The van der Waals surface area contributed by atoms with Crippen LogP contribution in [0.15, 0.2) is 0 Å². The van der Waals surface area contributed by atoms with Crippen molar-refractivity contribution in [3.05, 3.63) is 0 Å². The normalized spacial score (nSPS) is 14.5. The molecule has 1 amide bonds. The van der Waals surface area contributed by atoms with Crippen molar-refractivity contribution in [1.82, 2.24) is 5.32 Å². The second kappa shape index (κ2) is 15.9. The molecule has 0 aromatic carbocycles. The summed E-state index contributed by atoms with van der Waals surface area (Å²) in [7, 11) is 0. The molecule has 0 aromatic heterocycles. The quantitative estimate of drug-likeness (QED) is 0.222. The largest absolute Gasteiger partial charge is 0.464 e. The molecule has 2 N–H and O–H groups in total. The van der Waals surface area contributed by atoms with E-state index in [0.717, 1.165) is 38.5 Å². The molecule has 0 aliphatic rings. The Bertz CT molecular complexity index is 445. The molecule has 2 unspecified atom stereocenters. The fourth-order valence-corrected chi connectivity index (χ4v) is 3.15. The maximum atomic E-state index is 11.6. The van der Waals surface area contributed by atoms with E-state index in [4.69, 9.17) is 21.1 Å². The molecule has 0 aliphatic carbocycles. The first-order valence-corrected chi connectivity index (χ1v) is 13.6. The number of ether oxygens (including phenoxy) is 1. The molecule has 0 radical (unpaired) electrons. The van der Waals surface area contributed by atoms with Crippen molar-refractivity contribution in [3.63, 3.8) is 0 Å². The molecule has 0 heterocycles. The van der Waals surface area contributed by atoms with E-state index in [1.165, 1.54) is 0 Å². The van der Waals surface area contributed by atoms with Crippen LogP contribution in [0.2, 0.25) is 0 Å². The Kier molecular flexibility index (Phi) is 15.8. The summed E-state index contributed by atoms with van der Waals surface area (Å²) in [5.74, 6) is -0.212. The molecule has 9 heteroatoms. The lowest BCUT2D eigenvalue weighted by Gasteiger charge is -2.10.